The van der Waals surface area contributed by atoms with Crippen molar-refractivity contribution >= 4 is 44.2 Å². The standard InChI is InChI=1S/C22H14FN3OS2/c23-14-9-11-15(12-10-14)26-21(27)16-5-1-2-6-17(16)25-22(26)28-13-20-24-18-7-3-4-8-19(18)29-20/h1-12H,13H2. The van der Waals surface area contributed by atoms with E-state index in [1.165, 1.54) is 23.9 Å². The molecule has 7 heteroatoms. The highest BCUT2D eigenvalue weighted by Crippen LogP contribution is 2.29. The number of hydrogen-bond acceptors (Lipinski definition) is 5. The van der Waals surface area contributed by atoms with E-state index in [9.17, 15) is 9.18 Å². The minimum Gasteiger partial charge on any atom is -0.268 e. The molecule has 0 aliphatic heterocycles. The molecule has 29 heavy (non-hydrogen) atoms. The van der Waals surface area contributed by atoms with Crippen molar-refractivity contribution in [1.82, 2.24) is 14.5 Å². The molecule has 0 radical (unpaired) electrons. The van der Waals surface area contributed by atoms with Crippen molar-refractivity contribution in [2.75, 3.05) is 0 Å². The second-order valence-corrected chi connectivity index (χ2v) is 8.45. The molecule has 0 atom stereocenters. The maximum atomic E-state index is 13.4. The molecule has 0 bridgehead atoms. The lowest BCUT2D eigenvalue weighted by molar-refractivity contribution is 0.627. The fraction of sp³-hybridized carbons (Fsp3) is 0.0455. The minimum absolute atomic E-state index is 0.172. The number of hydrogen-bond donors (Lipinski definition) is 0. The molecule has 2 aromatic heterocycles. The number of fused-ring (bicyclic) bond motifs is 2. The monoisotopic (exact) mass is 419 g/mol. The van der Waals surface area contributed by atoms with E-state index in [-0.39, 0.29) is 11.4 Å². The first-order valence-electron chi connectivity index (χ1n) is 8.94. The van der Waals surface area contributed by atoms with Gasteiger partial charge in [-0.25, -0.2) is 14.4 Å². The fourth-order valence-corrected chi connectivity index (χ4v) is 5.11. The summed E-state index contributed by atoms with van der Waals surface area (Å²) in [5.74, 6) is 0.241. The third kappa shape index (κ3) is 3.43. The summed E-state index contributed by atoms with van der Waals surface area (Å²) < 4.78 is 16.1. The Balaban J connectivity index is 1.60. The SMILES string of the molecule is O=c1c2ccccc2nc(SCc2nc3ccccc3s2)n1-c1ccc(F)cc1. The van der Waals surface area contributed by atoms with Gasteiger partial charge in [0.1, 0.15) is 10.8 Å². The molecule has 0 saturated heterocycles. The number of benzene rings is 3. The Morgan fingerprint density at radius 1 is 0.897 bits per heavy atom. The van der Waals surface area contributed by atoms with Gasteiger partial charge in [-0.05, 0) is 48.5 Å². The maximum Gasteiger partial charge on any atom is 0.266 e. The average molecular weight is 420 g/mol. The van der Waals surface area contributed by atoms with Gasteiger partial charge in [0.05, 0.1) is 32.6 Å². The lowest BCUT2D eigenvalue weighted by Gasteiger charge is -2.12. The van der Waals surface area contributed by atoms with Crippen LogP contribution in [0.5, 0.6) is 0 Å². The Morgan fingerprint density at radius 2 is 1.62 bits per heavy atom. The topological polar surface area (TPSA) is 47.8 Å². The second kappa shape index (κ2) is 7.42. The quantitative estimate of drug-likeness (QED) is 0.288. The van der Waals surface area contributed by atoms with Gasteiger partial charge in [0.15, 0.2) is 5.16 Å². The summed E-state index contributed by atoms with van der Waals surface area (Å²) >= 11 is 3.08. The number of aromatic nitrogens is 3. The van der Waals surface area contributed by atoms with Crippen molar-refractivity contribution < 1.29 is 4.39 Å². The first kappa shape index (κ1) is 18.0. The number of thioether (sulfide) groups is 1. The van der Waals surface area contributed by atoms with Crippen LogP contribution in [0, 0.1) is 5.82 Å². The molecule has 0 unspecified atom stereocenters. The van der Waals surface area contributed by atoms with Gasteiger partial charge < -0.3 is 0 Å². The van der Waals surface area contributed by atoms with Gasteiger partial charge >= 0.3 is 0 Å². The van der Waals surface area contributed by atoms with Crippen LogP contribution in [0.2, 0.25) is 0 Å². The normalized spacial score (nSPS) is 11.3. The first-order chi connectivity index (χ1) is 14.2. The second-order valence-electron chi connectivity index (χ2n) is 6.39. The maximum absolute atomic E-state index is 13.4. The van der Waals surface area contributed by atoms with Gasteiger partial charge in [-0.2, -0.15) is 0 Å². The number of halogens is 1. The summed E-state index contributed by atoms with van der Waals surface area (Å²) in [7, 11) is 0. The van der Waals surface area contributed by atoms with Gasteiger partial charge in [0, 0.05) is 0 Å². The van der Waals surface area contributed by atoms with Crippen molar-refractivity contribution in [3.8, 4) is 5.69 Å². The third-order valence-electron chi connectivity index (χ3n) is 4.49. The van der Waals surface area contributed by atoms with E-state index in [1.54, 1.807) is 34.1 Å². The van der Waals surface area contributed by atoms with Gasteiger partial charge in [-0.1, -0.05) is 36.0 Å². The third-order valence-corrected chi connectivity index (χ3v) is 6.66. The largest absolute Gasteiger partial charge is 0.268 e. The predicted molar refractivity (Wildman–Crippen MR) is 116 cm³/mol. The highest BCUT2D eigenvalue weighted by Gasteiger charge is 2.14. The zero-order valence-electron chi connectivity index (χ0n) is 15.1. The van der Waals surface area contributed by atoms with Crippen molar-refractivity contribution in [1.29, 1.82) is 0 Å². The highest BCUT2D eigenvalue weighted by atomic mass is 32.2. The molecular formula is C22H14FN3OS2. The Kier molecular flexibility index (Phi) is 4.61. The molecule has 142 valence electrons. The van der Waals surface area contributed by atoms with E-state index >= 15 is 0 Å². The van der Waals surface area contributed by atoms with Gasteiger partial charge in [-0.3, -0.25) is 9.36 Å². The Bertz CT molecular complexity index is 1360. The van der Waals surface area contributed by atoms with Crippen molar-refractivity contribution in [3.05, 3.63) is 94.0 Å². The summed E-state index contributed by atoms with van der Waals surface area (Å²) in [6.45, 7) is 0. The van der Waals surface area contributed by atoms with Crippen LogP contribution in [-0.4, -0.2) is 14.5 Å². The van der Waals surface area contributed by atoms with Crippen LogP contribution in [0.25, 0.3) is 26.8 Å². The van der Waals surface area contributed by atoms with Crippen LogP contribution in [0.3, 0.4) is 0 Å². The number of rotatable bonds is 4. The molecule has 4 nitrogen and oxygen atoms in total. The molecule has 3 aromatic carbocycles. The number of para-hydroxylation sites is 2. The fourth-order valence-electron chi connectivity index (χ4n) is 3.13. The zero-order chi connectivity index (χ0) is 19.8. The zero-order valence-corrected chi connectivity index (χ0v) is 16.7. The van der Waals surface area contributed by atoms with E-state index < -0.39 is 0 Å². The lowest BCUT2D eigenvalue weighted by atomic mass is 10.2. The van der Waals surface area contributed by atoms with Crippen molar-refractivity contribution in [3.63, 3.8) is 0 Å². The van der Waals surface area contributed by atoms with Gasteiger partial charge in [0.25, 0.3) is 5.56 Å². The molecule has 5 aromatic rings. The van der Waals surface area contributed by atoms with Crippen LogP contribution in [-0.2, 0) is 5.75 Å². The molecule has 0 saturated carbocycles. The van der Waals surface area contributed by atoms with Crippen molar-refractivity contribution in [2.24, 2.45) is 0 Å². The summed E-state index contributed by atoms with van der Waals surface area (Å²) in [6, 6.07) is 21.1. The first-order valence-corrected chi connectivity index (χ1v) is 10.7. The van der Waals surface area contributed by atoms with E-state index in [0.717, 1.165) is 15.2 Å². The molecule has 0 aliphatic carbocycles. The number of thiazole rings is 1. The molecular weight excluding hydrogens is 405 g/mol. The molecule has 0 aliphatic rings. The Morgan fingerprint density at radius 3 is 2.41 bits per heavy atom. The molecule has 0 amide bonds. The van der Waals surface area contributed by atoms with Crippen LogP contribution in [0.4, 0.5) is 4.39 Å². The molecule has 5 rings (SSSR count). The predicted octanol–water partition coefficient (Wildman–Crippen LogP) is 5.43. The van der Waals surface area contributed by atoms with Crippen LogP contribution < -0.4 is 5.56 Å². The summed E-state index contributed by atoms with van der Waals surface area (Å²) in [5, 5.41) is 2.05. The van der Waals surface area contributed by atoms with E-state index in [1.807, 2.05) is 42.5 Å². The molecule has 0 spiro atoms. The molecule has 0 N–H and O–H groups in total. The lowest BCUT2D eigenvalue weighted by Crippen LogP contribution is -2.21. The number of nitrogens with zero attached hydrogens (tertiary/aromatic N) is 3. The highest BCUT2D eigenvalue weighted by molar-refractivity contribution is 7.98. The minimum atomic E-state index is -0.348. The average Bonchev–Trinajstić information content (AvgIpc) is 3.16. The summed E-state index contributed by atoms with van der Waals surface area (Å²) in [6.07, 6.45) is 0. The van der Waals surface area contributed by atoms with Gasteiger partial charge in [0.2, 0.25) is 0 Å². The summed E-state index contributed by atoms with van der Waals surface area (Å²) in [5.41, 5.74) is 2.02. The smallest absolute Gasteiger partial charge is 0.266 e. The van der Waals surface area contributed by atoms with E-state index in [2.05, 4.69) is 4.98 Å². The Hall–Kier alpha value is -3.03. The van der Waals surface area contributed by atoms with Crippen LogP contribution in [0.1, 0.15) is 5.01 Å². The molecule has 2 heterocycles. The molecule has 0 fully saturated rings. The summed E-state index contributed by atoms with van der Waals surface area (Å²) in [4.78, 5) is 22.6. The van der Waals surface area contributed by atoms with E-state index in [0.29, 0.717) is 27.5 Å². The van der Waals surface area contributed by atoms with Crippen molar-refractivity contribution in [2.45, 2.75) is 10.9 Å². The van der Waals surface area contributed by atoms with E-state index in [4.69, 9.17) is 4.98 Å². The van der Waals surface area contributed by atoms with Crippen LogP contribution in [0.15, 0.2) is 82.7 Å². The van der Waals surface area contributed by atoms with Crippen LogP contribution >= 0.6 is 23.1 Å². The van der Waals surface area contributed by atoms with Gasteiger partial charge in [-0.15, -0.1) is 11.3 Å². The Labute approximate surface area is 173 Å².